The molecule has 2 N–H and O–H groups in total. The van der Waals surface area contributed by atoms with Gasteiger partial charge in [-0.1, -0.05) is 18.2 Å². The molecular weight excluding hydrogens is 253 g/mol. The van der Waals surface area contributed by atoms with Gasteiger partial charge in [0, 0.05) is 6.54 Å². The summed E-state index contributed by atoms with van der Waals surface area (Å²) in [6.45, 7) is 0.364. The Morgan fingerprint density at radius 1 is 1.05 bits per heavy atom. The van der Waals surface area contributed by atoms with Crippen LogP contribution in [0.3, 0.4) is 0 Å². The summed E-state index contributed by atoms with van der Waals surface area (Å²) in [6.07, 6.45) is 3.26. The Bertz CT molecular complexity index is 594. The van der Waals surface area contributed by atoms with Crippen molar-refractivity contribution in [1.29, 1.82) is 0 Å². The van der Waals surface area contributed by atoms with Gasteiger partial charge in [0.1, 0.15) is 17.7 Å². The highest BCUT2D eigenvalue weighted by Gasteiger charge is 2.15. The monoisotopic (exact) mass is 271 g/mol. The number of rotatable bonds is 4. The Hall–Kier alpha value is -1.87. The summed E-state index contributed by atoms with van der Waals surface area (Å²) in [5.41, 5.74) is 9.47. The Kier molecular flexibility index (Phi) is 3.70. The number of hydrogen-bond donors (Lipinski definition) is 1. The van der Waals surface area contributed by atoms with Gasteiger partial charge in [0.2, 0.25) is 0 Å². The molecule has 0 saturated heterocycles. The zero-order chi connectivity index (χ0) is 13.9. The largest absolute Gasteiger partial charge is 0.484 e. The third-order valence-corrected chi connectivity index (χ3v) is 3.80. The first-order chi connectivity index (χ1) is 9.76. The summed E-state index contributed by atoms with van der Waals surface area (Å²) in [5, 5.41) is 0. The van der Waals surface area contributed by atoms with E-state index in [0.717, 1.165) is 24.2 Å². The van der Waals surface area contributed by atoms with Crippen molar-refractivity contribution in [2.75, 3.05) is 6.54 Å². The predicted molar refractivity (Wildman–Crippen MR) is 77.3 cm³/mol. The van der Waals surface area contributed by atoms with Gasteiger partial charge in [0.05, 0.1) is 0 Å². The lowest BCUT2D eigenvalue weighted by Crippen LogP contribution is -2.18. The van der Waals surface area contributed by atoms with Crippen LogP contribution in [0, 0.1) is 5.82 Å². The average Bonchev–Trinajstić information content (AvgIpc) is 2.93. The van der Waals surface area contributed by atoms with Crippen LogP contribution in [0.5, 0.6) is 5.75 Å². The van der Waals surface area contributed by atoms with Crippen LogP contribution in [0.2, 0.25) is 0 Å². The topological polar surface area (TPSA) is 35.2 Å². The first-order valence-corrected chi connectivity index (χ1v) is 7.00. The molecule has 3 rings (SSSR count). The lowest BCUT2D eigenvalue weighted by molar-refractivity contribution is 0.214. The maximum absolute atomic E-state index is 13.0. The van der Waals surface area contributed by atoms with E-state index >= 15 is 0 Å². The first-order valence-electron chi connectivity index (χ1n) is 7.00. The van der Waals surface area contributed by atoms with Crippen LogP contribution >= 0.6 is 0 Å². The molecule has 0 aromatic heterocycles. The van der Waals surface area contributed by atoms with Crippen molar-refractivity contribution < 1.29 is 9.13 Å². The molecule has 0 spiro atoms. The standard InChI is InChI=1S/C17H18FNO/c18-15-7-4-13(5-8-15)17(11-19)20-16-9-6-12-2-1-3-14(12)10-16/h4-10,17H,1-3,11,19H2. The second-order valence-corrected chi connectivity index (χ2v) is 5.18. The van der Waals surface area contributed by atoms with E-state index in [-0.39, 0.29) is 11.9 Å². The molecule has 2 nitrogen and oxygen atoms in total. The van der Waals surface area contributed by atoms with Crippen LogP contribution in [-0.4, -0.2) is 6.54 Å². The van der Waals surface area contributed by atoms with Gasteiger partial charge in [-0.2, -0.15) is 0 Å². The van der Waals surface area contributed by atoms with E-state index in [0.29, 0.717) is 6.54 Å². The Balaban J connectivity index is 1.79. The zero-order valence-electron chi connectivity index (χ0n) is 11.3. The minimum atomic E-state index is -0.248. The summed E-state index contributed by atoms with van der Waals surface area (Å²) in [6, 6.07) is 12.6. The first kappa shape index (κ1) is 13.1. The zero-order valence-corrected chi connectivity index (χ0v) is 11.3. The maximum Gasteiger partial charge on any atom is 0.136 e. The third-order valence-electron chi connectivity index (χ3n) is 3.80. The quantitative estimate of drug-likeness (QED) is 0.925. The van der Waals surface area contributed by atoms with Gasteiger partial charge < -0.3 is 10.5 Å². The van der Waals surface area contributed by atoms with Crippen molar-refractivity contribution in [3.8, 4) is 5.75 Å². The van der Waals surface area contributed by atoms with Gasteiger partial charge in [0.15, 0.2) is 0 Å². The van der Waals surface area contributed by atoms with Crippen LogP contribution in [0.4, 0.5) is 4.39 Å². The SMILES string of the molecule is NCC(Oc1ccc2c(c1)CCC2)c1ccc(F)cc1. The molecular formula is C17H18FNO. The number of aryl methyl sites for hydroxylation is 2. The van der Waals surface area contributed by atoms with Crippen molar-refractivity contribution in [3.63, 3.8) is 0 Å². The molecule has 0 aliphatic heterocycles. The van der Waals surface area contributed by atoms with E-state index in [2.05, 4.69) is 12.1 Å². The second-order valence-electron chi connectivity index (χ2n) is 5.18. The highest BCUT2D eigenvalue weighted by molar-refractivity contribution is 5.38. The summed E-state index contributed by atoms with van der Waals surface area (Å²) in [7, 11) is 0. The molecule has 0 radical (unpaired) electrons. The predicted octanol–water partition coefficient (Wildman–Crippen LogP) is 3.39. The smallest absolute Gasteiger partial charge is 0.136 e. The second kappa shape index (κ2) is 5.63. The van der Waals surface area contributed by atoms with Crippen molar-refractivity contribution in [2.45, 2.75) is 25.4 Å². The van der Waals surface area contributed by atoms with Gasteiger partial charge in [-0.3, -0.25) is 0 Å². The molecule has 0 fully saturated rings. The fourth-order valence-corrected chi connectivity index (χ4v) is 2.72. The van der Waals surface area contributed by atoms with E-state index in [1.165, 1.54) is 29.7 Å². The molecule has 1 unspecified atom stereocenters. The third kappa shape index (κ3) is 2.68. The van der Waals surface area contributed by atoms with Gasteiger partial charge in [-0.05, 0) is 60.2 Å². The summed E-state index contributed by atoms with van der Waals surface area (Å²) in [4.78, 5) is 0. The molecule has 3 heteroatoms. The molecule has 1 aliphatic carbocycles. The Morgan fingerprint density at radius 3 is 2.55 bits per heavy atom. The molecule has 2 aromatic carbocycles. The molecule has 20 heavy (non-hydrogen) atoms. The number of hydrogen-bond acceptors (Lipinski definition) is 2. The van der Waals surface area contributed by atoms with Crippen molar-refractivity contribution in [1.82, 2.24) is 0 Å². The fraction of sp³-hybridized carbons (Fsp3) is 0.294. The number of halogens is 1. The normalized spacial score (nSPS) is 14.9. The van der Waals surface area contributed by atoms with Crippen LogP contribution in [0.1, 0.15) is 29.2 Å². The lowest BCUT2D eigenvalue weighted by atomic mass is 10.1. The van der Waals surface area contributed by atoms with E-state index in [1.54, 1.807) is 12.1 Å². The van der Waals surface area contributed by atoms with Crippen LogP contribution in [-0.2, 0) is 12.8 Å². The van der Waals surface area contributed by atoms with Crippen LogP contribution in [0.15, 0.2) is 42.5 Å². The highest BCUT2D eigenvalue weighted by Crippen LogP contribution is 2.28. The molecule has 0 heterocycles. The van der Waals surface area contributed by atoms with E-state index in [4.69, 9.17) is 10.5 Å². The van der Waals surface area contributed by atoms with Crippen molar-refractivity contribution >= 4 is 0 Å². The highest BCUT2D eigenvalue weighted by atomic mass is 19.1. The number of ether oxygens (including phenoxy) is 1. The number of nitrogens with two attached hydrogens (primary N) is 1. The minimum Gasteiger partial charge on any atom is -0.484 e. The van der Waals surface area contributed by atoms with E-state index in [1.807, 2.05) is 6.07 Å². The summed E-state index contributed by atoms with van der Waals surface area (Å²) >= 11 is 0. The molecule has 0 amide bonds. The van der Waals surface area contributed by atoms with Crippen LogP contribution < -0.4 is 10.5 Å². The number of fused-ring (bicyclic) bond motifs is 1. The molecule has 1 aliphatic rings. The van der Waals surface area contributed by atoms with Crippen LogP contribution in [0.25, 0.3) is 0 Å². The summed E-state index contributed by atoms with van der Waals surface area (Å²) < 4.78 is 18.9. The minimum absolute atomic E-state index is 0.241. The van der Waals surface area contributed by atoms with Gasteiger partial charge >= 0.3 is 0 Å². The van der Waals surface area contributed by atoms with Gasteiger partial charge in [-0.25, -0.2) is 4.39 Å². The average molecular weight is 271 g/mol. The molecule has 0 bridgehead atoms. The van der Waals surface area contributed by atoms with E-state index in [9.17, 15) is 4.39 Å². The van der Waals surface area contributed by atoms with E-state index < -0.39 is 0 Å². The molecule has 2 aromatic rings. The molecule has 104 valence electrons. The Morgan fingerprint density at radius 2 is 1.80 bits per heavy atom. The Labute approximate surface area is 118 Å². The van der Waals surface area contributed by atoms with Crippen molar-refractivity contribution in [3.05, 3.63) is 65.0 Å². The van der Waals surface area contributed by atoms with Gasteiger partial charge in [0.25, 0.3) is 0 Å². The maximum atomic E-state index is 13.0. The van der Waals surface area contributed by atoms with Crippen molar-refractivity contribution in [2.24, 2.45) is 5.73 Å². The molecule has 1 atom stereocenters. The number of benzene rings is 2. The summed E-state index contributed by atoms with van der Waals surface area (Å²) in [5.74, 6) is 0.590. The molecule has 0 saturated carbocycles. The lowest BCUT2D eigenvalue weighted by Gasteiger charge is -2.18. The van der Waals surface area contributed by atoms with Gasteiger partial charge in [-0.15, -0.1) is 0 Å². The fourth-order valence-electron chi connectivity index (χ4n) is 2.72.